The molecule has 0 saturated carbocycles. The summed E-state index contributed by atoms with van der Waals surface area (Å²) in [6.45, 7) is 2.40. The number of ether oxygens (including phenoxy) is 2. The van der Waals surface area contributed by atoms with Gasteiger partial charge in [0.05, 0.1) is 7.11 Å². The second kappa shape index (κ2) is 7.34. The van der Waals surface area contributed by atoms with Crippen LogP contribution in [0.4, 0.5) is 0 Å². The van der Waals surface area contributed by atoms with Gasteiger partial charge in [0.15, 0.2) is 0 Å². The largest absolute Gasteiger partial charge is 0.496 e. The molecular formula is C17H20ClNO2. The quantitative estimate of drug-likeness (QED) is 0.882. The Kier molecular flexibility index (Phi) is 5.48. The molecule has 0 bridgehead atoms. The third-order valence-corrected chi connectivity index (χ3v) is 3.33. The lowest BCUT2D eigenvalue weighted by atomic mass is 10.1. The van der Waals surface area contributed by atoms with E-state index in [2.05, 4.69) is 6.07 Å². The molecule has 0 saturated heterocycles. The van der Waals surface area contributed by atoms with Crippen LogP contribution in [0.5, 0.6) is 11.5 Å². The minimum Gasteiger partial charge on any atom is -0.496 e. The molecule has 112 valence electrons. The fourth-order valence-electron chi connectivity index (χ4n) is 2.16. The Labute approximate surface area is 130 Å². The summed E-state index contributed by atoms with van der Waals surface area (Å²) in [5.41, 5.74) is 7.91. The average Bonchev–Trinajstić information content (AvgIpc) is 2.45. The Morgan fingerprint density at radius 1 is 1.19 bits per heavy atom. The first-order valence-electron chi connectivity index (χ1n) is 6.88. The summed E-state index contributed by atoms with van der Waals surface area (Å²) < 4.78 is 11.1. The van der Waals surface area contributed by atoms with Gasteiger partial charge in [0.1, 0.15) is 18.1 Å². The second-order valence-corrected chi connectivity index (χ2v) is 5.51. The normalized spacial score (nSPS) is 12.0. The van der Waals surface area contributed by atoms with E-state index in [1.807, 2.05) is 37.3 Å². The van der Waals surface area contributed by atoms with Crippen molar-refractivity contribution in [2.75, 3.05) is 7.11 Å². The van der Waals surface area contributed by atoms with Gasteiger partial charge in [0.25, 0.3) is 0 Å². The standard InChI is InChI=1S/C17H20ClNO2/c1-12(19)8-13-4-3-5-16(9-13)21-11-14-10-15(18)6-7-17(14)20-2/h3-7,9-10,12H,8,11,19H2,1-2H3. The minimum atomic E-state index is 0.133. The smallest absolute Gasteiger partial charge is 0.125 e. The van der Waals surface area contributed by atoms with E-state index in [4.69, 9.17) is 26.8 Å². The molecule has 4 heteroatoms. The number of nitrogens with two attached hydrogens (primary N) is 1. The fraction of sp³-hybridized carbons (Fsp3) is 0.294. The summed E-state index contributed by atoms with van der Waals surface area (Å²) >= 11 is 6.01. The number of halogens is 1. The molecule has 2 N–H and O–H groups in total. The molecular weight excluding hydrogens is 286 g/mol. The van der Waals surface area contributed by atoms with Crippen molar-refractivity contribution in [3.63, 3.8) is 0 Å². The number of hydrogen-bond donors (Lipinski definition) is 1. The van der Waals surface area contributed by atoms with Gasteiger partial charge in [-0.1, -0.05) is 23.7 Å². The van der Waals surface area contributed by atoms with Crippen LogP contribution in [-0.4, -0.2) is 13.2 Å². The predicted octanol–water partition coefficient (Wildman–Crippen LogP) is 3.82. The van der Waals surface area contributed by atoms with Gasteiger partial charge in [-0.15, -0.1) is 0 Å². The number of benzene rings is 2. The molecule has 0 amide bonds. The van der Waals surface area contributed by atoms with Gasteiger partial charge < -0.3 is 15.2 Å². The van der Waals surface area contributed by atoms with Crippen molar-refractivity contribution >= 4 is 11.6 Å². The Morgan fingerprint density at radius 3 is 2.71 bits per heavy atom. The molecule has 0 fully saturated rings. The summed E-state index contributed by atoms with van der Waals surface area (Å²) in [4.78, 5) is 0. The number of rotatable bonds is 6. The first-order chi connectivity index (χ1) is 10.1. The van der Waals surface area contributed by atoms with E-state index in [0.29, 0.717) is 11.6 Å². The molecule has 21 heavy (non-hydrogen) atoms. The molecule has 2 rings (SSSR count). The maximum Gasteiger partial charge on any atom is 0.125 e. The highest BCUT2D eigenvalue weighted by Gasteiger charge is 2.06. The van der Waals surface area contributed by atoms with Crippen LogP contribution in [0.1, 0.15) is 18.1 Å². The van der Waals surface area contributed by atoms with Crippen LogP contribution in [0, 0.1) is 0 Å². The molecule has 0 heterocycles. The molecule has 0 aliphatic heterocycles. The molecule has 1 atom stereocenters. The van der Waals surface area contributed by atoms with E-state index in [-0.39, 0.29) is 6.04 Å². The van der Waals surface area contributed by atoms with Crippen molar-refractivity contribution in [2.45, 2.75) is 26.0 Å². The van der Waals surface area contributed by atoms with Gasteiger partial charge in [-0.25, -0.2) is 0 Å². The zero-order chi connectivity index (χ0) is 15.2. The van der Waals surface area contributed by atoms with Gasteiger partial charge in [-0.2, -0.15) is 0 Å². The van der Waals surface area contributed by atoms with Gasteiger partial charge in [0.2, 0.25) is 0 Å². The summed E-state index contributed by atoms with van der Waals surface area (Å²) in [6.07, 6.45) is 0.831. The minimum absolute atomic E-state index is 0.133. The van der Waals surface area contributed by atoms with Crippen molar-refractivity contribution in [1.82, 2.24) is 0 Å². The van der Waals surface area contributed by atoms with Crippen LogP contribution in [0.25, 0.3) is 0 Å². The van der Waals surface area contributed by atoms with E-state index in [0.717, 1.165) is 23.5 Å². The Morgan fingerprint density at radius 2 is 2.00 bits per heavy atom. The van der Waals surface area contributed by atoms with E-state index in [1.165, 1.54) is 5.56 Å². The Balaban J connectivity index is 2.07. The third-order valence-electron chi connectivity index (χ3n) is 3.09. The predicted molar refractivity (Wildman–Crippen MR) is 86.1 cm³/mol. The SMILES string of the molecule is COc1ccc(Cl)cc1COc1cccc(CC(C)N)c1. The Bertz CT molecular complexity index is 599. The summed E-state index contributed by atoms with van der Waals surface area (Å²) in [5.74, 6) is 1.58. The lowest BCUT2D eigenvalue weighted by molar-refractivity contribution is 0.296. The molecule has 2 aromatic carbocycles. The highest BCUT2D eigenvalue weighted by atomic mass is 35.5. The number of methoxy groups -OCH3 is 1. The number of hydrogen-bond acceptors (Lipinski definition) is 3. The van der Waals surface area contributed by atoms with E-state index < -0.39 is 0 Å². The van der Waals surface area contributed by atoms with E-state index in [9.17, 15) is 0 Å². The van der Waals surface area contributed by atoms with Crippen molar-refractivity contribution in [1.29, 1.82) is 0 Å². The topological polar surface area (TPSA) is 44.5 Å². The molecule has 3 nitrogen and oxygen atoms in total. The van der Waals surface area contributed by atoms with Crippen molar-refractivity contribution in [2.24, 2.45) is 5.73 Å². The van der Waals surface area contributed by atoms with Crippen molar-refractivity contribution < 1.29 is 9.47 Å². The Hall–Kier alpha value is -1.71. The molecule has 0 aliphatic carbocycles. The third kappa shape index (κ3) is 4.66. The average molecular weight is 306 g/mol. The molecule has 0 spiro atoms. The van der Waals surface area contributed by atoms with Crippen LogP contribution < -0.4 is 15.2 Å². The highest BCUT2D eigenvalue weighted by Crippen LogP contribution is 2.24. The zero-order valence-corrected chi connectivity index (χ0v) is 13.1. The van der Waals surface area contributed by atoms with Crippen LogP contribution in [0.15, 0.2) is 42.5 Å². The summed E-state index contributed by atoms with van der Waals surface area (Å²) in [6, 6.07) is 13.6. The summed E-state index contributed by atoms with van der Waals surface area (Å²) in [5, 5.41) is 0.667. The van der Waals surface area contributed by atoms with Crippen LogP contribution in [-0.2, 0) is 13.0 Å². The fourth-order valence-corrected chi connectivity index (χ4v) is 2.35. The van der Waals surface area contributed by atoms with Gasteiger partial charge in [-0.3, -0.25) is 0 Å². The molecule has 0 aliphatic rings. The van der Waals surface area contributed by atoms with Crippen LogP contribution in [0.3, 0.4) is 0 Å². The zero-order valence-electron chi connectivity index (χ0n) is 12.3. The monoisotopic (exact) mass is 305 g/mol. The van der Waals surface area contributed by atoms with Crippen molar-refractivity contribution in [3.05, 3.63) is 58.6 Å². The highest BCUT2D eigenvalue weighted by molar-refractivity contribution is 6.30. The lowest BCUT2D eigenvalue weighted by Crippen LogP contribution is -2.17. The first kappa shape index (κ1) is 15.7. The molecule has 1 unspecified atom stereocenters. The molecule has 0 radical (unpaired) electrons. The maximum absolute atomic E-state index is 6.01. The van der Waals surface area contributed by atoms with Crippen LogP contribution in [0.2, 0.25) is 5.02 Å². The van der Waals surface area contributed by atoms with E-state index in [1.54, 1.807) is 13.2 Å². The van der Waals surface area contributed by atoms with Crippen LogP contribution >= 0.6 is 11.6 Å². The second-order valence-electron chi connectivity index (χ2n) is 5.07. The van der Waals surface area contributed by atoms with Crippen molar-refractivity contribution in [3.8, 4) is 11.5 Å². The molecule has 0 aromatic heterocycles. The summed E-state index contributed by atoms with van der Waals surface area (Å²) in [7, 11) is 1.63. The first-order valence-corrected chi connectivity index (χ1v) is 7.26. The lowest BCUT2D eigenvalue weighted by Gasteiger charge is -2.12. The van der Waals surface area contributed by atoms with Gasteiger partial charge in [-0.05, 0) is 49.2 Å². The molecule has 2 aromatic rings. The van der Waals surface area contributed by atoms with Gasteiger partial charge in [0, 0.05) is 16.6 Å². The maximum atomic E-state index is 6.01. The van der Waals surface area contributed by atoms with Gasteiger partial charge >= 0.3 is 0 Å². The van der Waals surface area contributed by atoms with E-state index >= 15 is 0 Å².